The van der Waals surface area contributed by atoms with Crippen LogP contribution >= 0.6 is 0 Å². The maximum Gasteiger partial charge on any atom is 0.0847 e. The van der Waals surface area contributed by atoms with Crippen molar-refractivity contribution in [1.29, 1.82) is 0 Å². The first-order chi connectivity index (χ1) is 11.1. The van der Waals surface area contributed by atoms with E-state index in [4.69, 9.17) is 69.6 Å². The van der Waals surface area contributed by atoms with Crippen molar-refractivity contribution in [2.24, 2.45) is 0 Å². The Labute approximate surface area is 166 Å². The fourth-order valence-corrected chi connectivity index (χ4v) is 4.54. The third-order valence-corrected chi connectivity index (χ3v) is 5.69. The van der Waals surface area contributed by atoms with Gasteiger partial charge in [-0.3, -0.25) is 0 Å². The van der Waals surface area contributed by atoms with Gasteiger partial charge in [0.15, 0.2) is 0 Å². The Morgan fingerprint density at radius 2 is 1.38 bits per heavy atom. The Bertz CT molecular complexity index is 356. The van der Waals surface area contributed by atoms with Crippen LogP contribution in [-0.4, -0.2) is 142 Å². The zero-order chi connectivity index (χ0) is 18.6. The molecule has 20 heteroatoms. The second-order valence-electron chi connectivity index (χ2n) is 7.30. The molecule has 0 spiro atoms. The topological polar surface area (TPSA) is 0 Å². The zero-order valence-electron chi connectivity index (χ0n) is 14.5. The summed E-state index contributed by atoms with van der Waals surface area (Å²) in [5.41, 5.74) is 0. The van der Waals surface area contributed by atoms with Gasteiger partial charge in [0.05, 0.1) is 13.2 Å². The Kier molecular flexibility index (Phi) is 10.3. The molecule has 0 saturated carbocycles. The lowest BCUT2D eigenvalue weighted by molar-refractivity contribution is 1.06. The molecule has 20 radical (unpaired) electrons. The Morgan fingerprint density at radius 3 is 1.75 bits per heavy atom. The van der Waals surface area contributed by atoms with Gasteiger partial charge in [-0.25, -0.2) is 0 Å². The van der Waals surface area contributed by atoms with Crippen molar-refractivity contribution < 1.29 is 0 Å². The van der Waals surface area contributed by atoms with Gasteiger partial charge < -0.3 is 0 Å². The predicted octanol–water partition coefficient (Wildman–Crippen LogP) is -5.84. The molecule has 0 nitrogen and oxygen atoms in total. The summed E-state index contributed by atoms with van der Waals surface area (Å²) >= 11 is 0. The van der Waals surface area contributed by atoms with Crippen LogP contribution in [0.4, 0.5) is 0 Å². The van der Waals surface area contributed by atoms with E-state index in [9.17, 15) is 0 Å². The van der Waals surface area contributed by atoms with Crippen molar-refractivity contribution >= 4 is 142 Å². The molecule has 0 N–H and O–H groups in total. The molecule has 0 aromatic rings. The van der Waals surface area contributed by atoms with Crippen LogP contribution in [0.2, 0.25) is 18.4 Å². The summed E-state index contributed by atoms with van der Waals surface area (Å²) in [6, 6.07) is 0. The first-order valence-corrected chi connectivity index (χ1v) is 8.54. The van der Waals surface area contributed by atoms with Crippen LogP contribution in [-0.2, 0) is 0 Å². The van der Waals surface area contributed by atoms with Crippen LogP contribution in [0.25, 0.3) is 0 Å². The van der Waals surface area contributed by atoms with Gasteiger partial charge >= 0.3 is 0 Å². The smallest absolute Gasteiger partial charge is 0.0847 e. The van der Waals surface area contributed by atoms with Crippen LogP contribution in [0.5, 0.6) is 0 Å². The second-order valence-corrected chi connectivity index (χ2v) is 7.30. The summed E-state index contributed by atoms with van der Waals surface area (Å²) in [5.74, 6) is 0.349. The summed E-state index contributed by atoms with van der Waals surface area (Å²) in [4.78, 5) is 0. The molecule has 0 amide bonds. The first kappa shape index (κ1) is 23.3. The number of hydrogen-bond donors (Lipinski definition) is 0. The summed E-state index contributed by atoms with van der Waals surface area (Å²) in [7, 11) is 56.2. The summed E-state index contributed by atoms with van der Waals surface area (Å²) in [6.07, 6.45) is -0.840. The molecule has 0 aromatic carbocycles. The predicted molar refractivity (Wildman–Crippen MR) is 134 cm³/mol. The van der Waals surface area contributed by atoms with Crippen molar-refractivity contribution in [1.82, 2.24) is 0 Å². The van der Waals surface area contributed by atoms with Crippen LogP contribution in [0.3, 0.4) is 0 Å². The third kappa shape index (κ3) is 5.65. The first-order valence-electron chi connectivity index (χ1n) is 8.54. The SMILES string of the molecule is [B][B]B([B])B(B([B])[B])B1CB(B(B([B])[B])B([B][B])B([B])[B])[C@H](C)C1. The van der Waals surface area contributed by atoms with Gasteiger partial charge in [0.2, 0.25) is 0 Å². The van der Waals surface area contributed by atoms with Gasteiger partial charge in [-0.15, -0.1) is 6.22 Å². The lowest BCUT2D eigenvalue weighted by Crippen LogP contribution is -2.69. The Balaban J connectivity index is 3.00. The van der Waals surface area contributed by atoms with Crippen molar-refractivity contribution in [2.45, 2.75) is 25.3 Å². The van der Waals surface area contributed by atoms with E-state index in [0.717, 1.165) is 12.5 Å². The highest BCUT2D eigenvalue weighted by molar-refractivity contribution is 8.04. The van der Waals surface area contributed by atoms with E-state index < -0.39 is 19.2 Å². The maximum atomic E-state index is 6.10. The molecule has 1 saturated heterocycles. The van der Waals surface area contributed by atoms with Gasteiger partial charge in [0.1, 0.15) is 0 Å². The van der Waals surface area contributed by atoms with Gasteiger partial charge in [-0.2, -0.15) is 0 Å². The molecule has 1 atom stereocenters. The normalized spacial score (nSPS) is 16.3. The third-order valence-electron chi connectivity index (χ3n) is 5.69. The summed E-state index contributed by atoms with van der Waals surface area (Å²) in [5, 5.41) is 0. The van der Waals surface area contributed by atoms with Crippen LogP contribution < -0.4 is 0 Å². The fraction of sp³-hybridized carbons (Fsp3) is 1.00. The van der Waals surface area contributed by atoms with E-state index in [1.54, 1.807) is 0 Å². The Morgan fingerprint density at radius 1 is 0.833 bits per heavy atom. The molecule has 0 bridgehead atoms. The van der Waals surface area contributed by atoms with E-state index in [-0.39, 0.29) is 38.7 Å². The molecular weight excluding hydrogens is 264 g/mol. The minimum Gasteiger partial charge on any atom is -0.109 e. The molecule has 1 heterocycles. The van der Waals surface area contributed by atoms with Crippen LogP contribution in [0.15, 0.2) is 0 Å². The van der Waals surface area contributed by atoms with Crippen molar-refractivity contribution in [2.75, 3.05) is 0 Å². The van der Waals surface area contributed by atoms with Crippen LogP contribution in [0.1, 0.15) is 6.92 Å². The summed E-state index contributed by atoms with van der Waals surface area (Å²) in [6.45, 7) is 2.60. The molecule has 0 unspecified atom stereocenters. The van der Waals surface area contributed by atoms with E-state index in [1.807, 2.05) is 0 Å². The quantitative estimate of drug-likeness (QED) is 0.367. The maximum absolute atomic E-state index is 6.10. The number of rotatable bonds is 9. The van der Waals surface area contributed by atoms with Gasteiger partial charge in [0, 0.05) is 128 Å². The Hall–Kier alpha value is 1.30. The molecule has 1 aliphatic rings. The van der Waals surface area contributed by atoms with Crippen molar-refractivity contribution in [3.8, 4) is 0 Å². The highest BCUT2D eigenvalue weighted by Gasteiger charge is 2.48. The lowest BCUT2D eigenvalue weighted by atomic mass is 8.52. The molecule has 0 aliphatic carbocycles. The van der Waals surface area contributed by atoms with E-state index in [1.165, 1.54) is 14.1 Å². The number of hydrogen-bond acceptors (Lipinski definition) is 0. The monoisotopic (exact) mass is 276 g/mol. The summed E-state index contributed by atoms with van der Waals surface area (Å²) < 4.78 is 0. The molecule has 1 rings (SSSR count). The average Bonchev–Trinajstić information content (AvgIpc) is 2.84. The van der Waals surface area contributed by atoms with E-state index in [0.29, 0.717) is 5.82 Å². The van der Waals surface area contributed by atoms with Crippen LogP contribution in [0, 0.1) is 0 Å². The second kappa shape index (κ2) is 10.6. The van der Waals surface area contributed by atoms with Gasteiger partial charge in [-0.05, 0) is 0 Å². The highest BCUT2D eigenvalue weighted by atomic mass is 13.9. The van der Waals surface area contributed by atoms with Gasteiger partial charge in [-0.1, -0.05) is 19.1 Å². The van der Waals surface area contributed by atoms with Crippen molar-refractivity contribution in [3.05, 3.63) is 0 Å². The van der Waals surface area contributed by atoms with Gasteiger partial charge in [0.25, 0.3) is 0 Å². The molecule has 0 aromatic heterocycles. The molecular formula is C4H8B20. The van der Waals surface area contributed by atoms with Crippen molar-refractivity contribution in [3.63, 3.8) is 0 Å². The molecule has 1 fully saturated rings. The molecule has 24 heavy (non-hydrogen) atoms. The minimum absolute atomic E-state index is 0.107. The fourth-order valence-electron chi connectivity index (χ4n) is 4.54. The highest BCUT2D eigenvalue weighted by Crippen LogP contribution is 2.34. The lowest BCUT2D eigenvalue weighted by Gasteiger charge is -2.34. The standard InChI is InChI=1S/C4H8B20/c1-4-2-16(23(19(9)10)21(13)14-5)3-17(4)24(20(11)12)22(15-6)18(7)8/h4H,2-3H2,1H3/t4-/m1/s1. The molecule has 84 valence electrons. The van der Waals surface area contributed by atoms with E-state index >= 15 is 0 Å². The average molecular weight is 272 g/mol. The minimum atomic E-state index is -0.618. The molecule has 1 aliphatic heterocycles. The van der Waals surface area contributed by atoms with E-state index in [2.05, 4.69) is 6.92 Å². The largest absolute Gasteiger partial charge is 0.109 e. The zero-order valence-corrected chi connectivity index (χ0v) is 14.5.